The standard InChI is InChI=1S/C13H6Cl3N7/c14-7-1-9(15)13(10(16)2-7)23-21-6-8(22-23)5-20-12(4-18)11(19)3-17/h1-2,5-6H,19H2/b12-11-,20-5+. The number of allylic oxidation sites excluding steroid dienone is 2. The predicted molar refractivity (Wildman–Crippen MR) is 86.4 cm³/mol. The lowest BCUT2D eigenvalue weighted by Crippen LogP contribution is -2.01. The smallest absolute Gasteiger partial charge is 0.174 e. The Balaban J connectivity index is 2.37. The summed E-state index contributed by atoms with van der Waals surface area (Å²) in [4.78, 5) is 4.99. The van der Waals surface area contributed by atoms with E-state index in [1.165, 1.54) is 29.3 Å². The van der Waals surface area contributed by atoms with E-state index in [1.54, 1.807) is 12.1 Å². The molecule has 0 atom stereocenters. The van der Waals surface area contributed by atoms with Crippen molar-refractivity contribution in [3.63, 3.8) is 0 Å². The summed E-state index contributed by atoms with van der Waals surface area (Å²) in [5.41, 5.74) is 5.49. The van der Waals surface area contributed by atoms with Gasteiger partial charge in [0.2, 0.25) is 0 Å². The highest BCUT2D eigenvalue weighted by Crippen LogP contribution is 2.31. The first kappa shape index (κ1) is 16.8. The van der Waals surface area contributed by atoms with Gasteiger partial charge < -0.3 is 5.73 Å². The van der Waals surface area contributed by atoms with Gasteiger partial charge in [-0.25, -0.2) is 4.99 Å². The molecule has 0 fully saturated rings. The number of nitrogens with two attached hydrogens (primary N) is 1. The molecule has 0 aliphatic rings. The van der Waals surface area contributed by atoms with E-state index >= 15 is 0 Å². The van der Waals surface area contributed by atoms with E-state index in [2.05, 4.69) is 15.2 Å². The normalized spacial score (nSPS) is 11.9. The Morgan fingerprint density at radius 2 is 1.87 bits per heavy atom. The molecule has 0 amide bonds. The fraction of sp³-hybridized carbons (Fsp3) is 0. The zero-order valence-corrected chi connectivity index (χ0v) is 13.5. The SMILES string of the molecule is N#C/C(N)=C(C#N)/N=C/c1cnn(-c2c(Cl)cc(Cl)cc2Cl)n1. The van der Waals surface area contributed by atoms with Gasteiger partial charge in [0.15, 0.2) is 5.70 Å². The van der Waals surface area contributed by atoms with Gasteiger partial charge in [-0.3, -0.25) is 0 Å². The van der Waals surface area contributed by atoms with Crippen molar-refractivity contribution in [3.05, 3.63) is 50.5 Å². The number of nitrogens with zero attached hydrogens (tertiary/aromatic N) is 6. The van der Waals surface area contributed by atoms with Crippen LogP contribution in [0, 0.1) is 22.7 Å². The van der Waals surface area contributed by atoms with Gasteiger partial charge in [-0.1, -0.05) is 34.8 Å². The Bertz CT molecular complexity index is 876. The number of hydrogen-bond acceptors (Lipinski definition) is 6. The van der Waals surface area contributed by atoms with E-state index in [1.807, 2.05) is 0 Å². The first-order valence-corrected chi connectivity index (χ1v) is 7.01. The van der Waals surface area contributed by atoms with Crippen LogP contribution in [-0.4, -0.2) is 21.2 Å². The molecule has 7 nitrogen and oxygen atoms in total. The number of hydrogen-bond donors (Lipinski definition) is 1. The quantitative estimate of drug-likeness (QED) is 0.662. The summed E-state index contributed by atoms with van der Waals surface area (Å²) in [7, 11) is 0. The van der Waals surface area contributed by atoms with Gasteiger partial charge in [-0.15, -0.1) is 9.90 Å². The number of aromatic nitrogens is 3. The Morgan fingerprint density at radius 1 is 1.22 bits per heavy atom. The minimum absolute atomic E-state index is 0.218. The van der Waals surface area contributed by atoms with E-state index in [9.17, 15) is 0 Å². The molecule has 1 aromatic heterocycles. The van der Waals surface area contributed by atoms with Crippen LogP contribution in [-0.2, 0) is 0 Å². The van der Waals surface area contributed by atoms with Gasteiger partial charge in [0, 0.05) is 5.02 Å². The molecule has 0 aliphatic heterocycles. The Kier molecular flexibility index (Phi) is 5.20. The number of aliphatic imine (C=N–C) groups is 1. The predicted octanol–water partition coefficient (Wildman–Crippen LogP) is 2.86. The Morgan fingerprint density at radius 3 is 2.43 bits per heavy atom. The third-order valence-electron chi connectivity index (χ3n) is 2.50. The van der Waals surface area contributed by atoms with E-state index in [4.69, 9.17) is 51.1 Å². The maximum Gasteiger partial charge on any atom is 0.174 e. The molecule has 2 aromatic rings. The van der Waals surface area contributed by atoms with Crippen molar-refractivity contribution in [1.82, 2.24) is 15.0 Å². The van der Waals surface area contributed by atoms with Crippen LogP contribution >= 0.6 is 34.8 Å². The van der Waals surface area contributed by atoms with Crippen molar-refractivity contribution in [2.75, 3.05) is 0 Å². The number of rotatable bonds is 3. The highest BCUT2D eigenvalue weighted by atomic mass is 35.5. The maximum absolute atomic E-state index is 8.85. The zero-order valence-electron chi connectivity index (χ0n) is 11.2. The molecule has 0 saturated heterocycles. The monoisotopic (exact) mass is 365 g/mol. The lowest BCUT2D eigenvalue weighted by molar-refractivity contribution is 0.751. The van der Waals surface area contributed by atoms with E-state index in [0.29, 0.717) is 16.4 Å². The van der Waals surface area contributed by atoms with Gasteiger partial charge in [-0.2, -0.15) is 15.6 Å². The second-order valence-corrected chi connectivity index (χ2v) is 5.27. The fourth-order valence-electron chi connectivity index (χ4n) is 1.51. The molecule has 114 valence electrons. The first-order chi connectivity index (χ1) is 11.0. The van der Waals surface area contributed by atoms with Crippen molar-refractivity contribution in [1.29, 1.82) is 10.5 Å². The van der Waals surface area contributed by atoms with E-state index in [0.717, 1.165) is 0 Å². The minimum Gasteiger partial charge on any atom is -0.388 e. The van der Waals surface area contributed by atoms with Crippen molar-refractivity contribution < 1.29 is 0 Å². The van der Waals surface area contributed by atoms with Gasteiger partial charge in [0.1, 0.15) is 29.2 Å². The average molecular weight is 367 g/mol. The van der Waals surface area contributed by atoms with Crippen molar-refractivity contribution in [3.8, 4) is 17.8 Å². The van der Waals surface area contributed by atoms with Crippen LogP contribution in [0.15, 0.2) is 34.7 Å². The molecule has 0 bridgehead atoms. The molecule has 1 heterocycles. The second kappa shape index (κ2) is 7.12. The van der Waals surface area contributed by atoms with E-state index < -0.39 is 0 Å². The largest absolute Gasteiger partial charge is 0.388 e. The average Bonchev–Trinajstić information content (AvgIpc) is 2.95. The molecule has 0 spiro atoms. The number of halogens is 3. The molecule has 0 radical (unpaired) electrons. The molecule has 10 heteroatoms. The van der Waals surface area contributed by atoms with E-state index in [-0.39, 0.29) is 21.4 Å². The molecule has 2 rings (SSSR count). The summed E-state index contributed by atoms with van der Waals surface area (Å²) >= 11 is 18.0. The first-order valence-electron chi connectivity index (χ1n) is 5.87. The van der Waals surface area contributed by atoms with Gasteiger partial charge >= 0.3 is 0 Å². The molecule has 0 saturated carbocycles. The van der Waals surface area contributed by atoms with Crippen LogP contribution in [0.25, 0.3) is 5.69 Å². The molecule has 2 N–H and O–H groups in total. The molecule has 0 aliphatic carbocycles. The summed E-state index contributed by atoms with van der Waals surface area (Å²) in [6.45, 7) is 0. The molecule has 0 unspecified atom stereocenters. The summed E-state index contributed by atoms with van der Waals surface area (Å²) in [6.07, 6.45) is 2.62. The summed E-state index contributed by atoms with van der Waals surface area (Å²) < 4.78 is 0. The van der Waals surface area contributed by atoms with Crippen molar-refractivity contribution in [2.45, 2.75) is 0 Å². The van der Waals surface area contributed by atoms with Crippen LogP contribution in [0.2, 0.25) is 15.1 Å². The van der Waals surface area contributed by atoms with Crippen LogP contribution in [0.4, 0.5) is 0 Å². The van der Waals surface area contributed by atoms with Crippen LogP contribution < -0.4 is 5.73 Å². The van der Waals surface area contributed by atoms with Crippen LogP contribution in [0.5, 0.6) is 0 Å². The zero-order chi connectivity index (χ0) is 17.0. The Labute approximate surface area is 145 Å². The molecular weight excluding hydrogens is 361 g/mol. The van der Waals surface area contributed by atoms with Crippen molar-refractivity contribution >= 4 is 41.0 Å². The van der Waals surface area contributed by atoms with Gasteiger partial charge in [-0.05, 0) is 12.1 Å². The third-order valence-corrected chi connectivity index (χ3v) is 3.29. The number of benzene rings is 1. The van der Waals surface area contributed by atoms with Gasteiger partial charge in [0.25, 0.3) is 0 Å². The maximum atomic E-state index is 8.85. The van der Waals surface area contributed by atoms with Crippen molar-refractivity contribution in [2.24, 2.45) is 10.7 Å². The molecule has 1 aromatic carbocycles. The second-order valence-electron chi connectivity index (χ2n) is 4.02. The van der Waals surface area contributed by atoms with Crippen LogP contribution in [0.3, 0.4) is 0 Å². The topological polar surface area (TPSA) is 117 Å². The lowest BCUT2D eigenvalue weighted by Gasteiger charge is -2.05. The summed E-state index contributed by atoms with van der Waals surface area (Å²) in [6, 6.07) is 6.36. The fourth-order valence-corrected chi connectivity index (χ4v) is 2.48. The third kappa shape index (κ3) is 3.79. The van der Waals surface area contributed by atoms with Crippen LogP contribution in [0.1, 0.15) is 5.69 Å². The van der Waals surface area contributed by atoms with Gasteiger partial charge in [0.05, 0.1) is 22.5 Å². The molecular formula is C13H6Cl3N7. The summed E-state index contributed by atoms with van der Waals surface area (Å²) in [5, 5.41) is 26.5. The molecule has 23 heavy (non-hydrogen) atoms. The highest BCUT2D eigenvalue weighted by molar-refractivity contribution is 6.40. The number of nitriles is 2. The lowest BCUT2D eigenvalue weighted by atomic mass is 10.3. The Hall–Kier alpha value is -2.58. The summed E-state index contributed by atoms with van der Waals surface area (Å²) in [5.74, 6) is 0. The highest BCUT2D eigenvalue weighted by Gasteiger charge is 2.12. The minimum atomic E-state index is -0.292.